The summed E-state index contributed by atoms with van der Waals surface area (Å²) in [7, 11) is 1.27. The minimum atomic E-state index is -0.832. The molecule has 0 atom stereocenters. The van der Waals surface area contributed by atoms with Crippen LogP contribution in [0.2, 0.25) is 0 Å². The van der Waals surface area contributed by atoms with Gasteiger partial charge in [-0.05, 0) is 25.0 Å². The van der Waals surface area contributed by atoms with Crippen molar-refractivity contribution in [2.24, 2.45) is 5.41 Å². The van der Waals surface area contributed by atoms with E-state index in [1.165, 1.54) is 19.2 Å². The van der Waals surface area contributed by atoms with Crippen LogP contribution in [0.25, 0.3) is 0 Å². The predicted molar refractivity (Wildman–Crippen MR) is 79.0 cm³/mol. The smallest absolute Gasteiger partial charge is 0.323 e. The molecule has 0 aliphatic carbocycles. The van der Waals surface area contributed by atoms with Crippen LogP contribution in [0.4, 0.5) is 5.69 Å². The van der Waals surface area contributed by atoms with Gasteiger partial charge in [-0.25, -0.2) is 0 Å². The summed E-state index contributed by atoms with van der Waals surface area (Å²) in [6.07, 6.45) is 0.996. The van der Waals surface area contributed by atoms with Gasteiger partial charge in [0.15, 0.2) is 12.0 Å². The number of methoxy groups -OCH3 is 1. The molecule has 1 aromatic rings. The van der Waals surface area contributed by atoms with Crippen molar-refractivity contribution in [3.63, 3.8) is 0 Å². The van der Waals surface area contributed by atoms with Crippen LogP contribution < -0.4 is 4.74 Å². The van der Waals surface area contributed by atoms with Crippen molar-refractivity contribution in [1.82, 2.24) is 0 Å². The third-order valence-corrected chi connectivity index (χ3v) is 4.36. The van der Waals surface area contributed by atoms with Crippen molar-refractivity contribution in [1.29, 1.82) is 0 Å². The van der Waals surface area contributed by atoms with Crippen LogP contribution in [-0.2, 0) is 9.47 Å². The molecule has 1 fully saturated rings. The van der Waals surface area contributed by atoms with E-state index in [-0.39, 0.29) is 28.2 Å². The third-order valence-electron chi connectivity index (χ3n) is 4.36. The highest BCUT2D eigenvalue weighted by molar-refractivity contribution is 5.60. The highest BCUT2D eigenvalue weighted by Gasteiger charge is 2.38. The Kier molecular flexibility index (Phi) is 4.87. The van der Waals surface area contributed by atoms with Crippen molar-refractivity contribution >= 4 is 5.69 Å². The molecule has 1 N–H and O–H groups in total. The van der Waals surface area contributed by atoms with Crippen LogP contribution >= 0.6 is 0 Å². The molecular weight excluding hydrogens is 290 g/mol. The van der Waals surface area contributed by atoms with Gasteiger partial charge in [0.25, 0.3) is 0 Å². The van der Waals surface area contributed by atoms with Crippen LogP contribution in [0.5, 0.6) is 11.5 Å². The number of phenolic OH excluding ortho intramolecular Hbond substituents is 1. The lowest BCUT2D eigenvalue weighted by Crippen LogP contribution is -2.38. The van der Waals surface area contributed by atoms with Gasteiger partial charge in [0, 0.05) is 5.41 Å². The Morgan fingerprint density at radius 3 is 2.41 bits per heavy atom. The summed E-state index contributed by atoms with van der Waals surface area (Å²) in [5, 5.41) is 21.1. The van der Waals surface area contributed by atoms with E-state index in [1.807, 2.05) is 0 Å². The molecule has 0 spiro atoms. The van der Waals surface area contributed by atoms with Crippen LogP contribution in [-0.4, -0.2) is 30.4 Å². The Labute approximate surface area is 128 Å². The van der Waals surface area contributed by atoms with Gasteiger partial charge < -0.3 is 19.3 Å². The average Bonchev–Trinajstić information content (AvgIpc) is 2.54. The largest absolute Gasteiger partial charge is 0.504 e. The van der Waals surface area contributed by atoms with E-state index in [0.29, 0.717) is 13.2 Å². The lowest BCUT2D eigenvalue weighted by atomic mass is 9.83. The molecule has 2 rings (SSSR count). The van der Waals surface area contributed by atoms with Gasteiger partial charge in [-0.1, -0.05) is 13.8 Å². The first-order valence-corrected chi connectivity index (χ1v) is 7.25. The molecule has 0 saturated carbocycles. The van der Waals surface area contributed by atoms with Gasteiger partial charge in [-0.3, -0.25) is 10.1 Å². The van der Waals surface area contributed by atoms with Crippen molar-refractivity contribution in [2.75, 3.05) is 20.3 Å². The molecule has 1 saturated heterocycles. The average molecular weight is 311 g/mol. The first-order chi connectivity index (χ1) is 10.5. The standard InChI is InChI=1S/C15H21NO6/c1-4-15(5-2)8-21-14(22-9-15)10-6-7-11(17)13(20-3)12(10)16(18)19/h6-7,14,17H,4-5,8-9H2,1-3H3. The number of aromatic hydroxyl groups is 1. The van der Waals surface area contributed by atoms with Crippen molar-refractivity contribution in [2.45, 2.75) is 33.0 Å². The Hall–Kier alpha value is -1.86. The molecule has 22 heavy (non-hydrogen) atoms. The fourth-order valence-corrected chi connectivity index (χ4v) is 2.59. The van der Waals surface area contributed by atoms with E-state index in [4.69, 9.17) is 14.2 Å². The van der Waals surface area contributed by atoms with E-state index >= 15 is 0 Å². The number of hydrogen-bond donors (Lipinski definition) is 1. The van der Waals surface area contributed by atoms with Crippen LogP contribution in [0.1, 0.15) is 38.5 Å². The normalized spacial score (nSPS) is 18.1. The fourth-order valence-electron chi connectivity index (χ4n) is 2.59. The topological polar surface area (TPSA) is 91.1 Å². The molecule has 1 aromatic carbocycles. The Morgan fingerprint density at radius 1 is 1.36 bits per heavy atom. The highest BCUT2D eigenvalue weighted by Crippen LogP contribution is 2.44. The first-order valence-electron chi connectivity index (χ1n) is 7.25. The van der Waals surface area contributed by atoms with E-state index < -0.39 is 11.2 Å². The number of nitro groups is 1. The monoisotopic (exact) mass is 311 g/mol. The summed E-state index contributed by atoms with van der Waals surface area (Å²) < 4.78 is 16.4. The zero-order chi connectivity index (χ0) is 16.3. The molecule has 122 valence electrons. The van der Waals surface area contributed by atoms with E-state index in [0.717, 1.165) is 12.8 Å². The number of benzene rings is 1. The molecule has 0 unspecified atom stereocenters. The second-order valence-corrected chi connectivity index (χ2v) is 5.47. The second kappa shape index (κ2) is 6.50. The molecule has 0 bridgehead atoms. The molecular formula is C15H21NO6. The van der Waals surface area contributed by atoms with Crippen LogP contribution in [0.3, 0.4) is 0 Å². The number of ether oxygens (including phenoxy) is 3. The number of hydrogen-bond acceptors (Lipinski definition) is 6. The van der Waals surface area contributed by atoms with E-state index in [2.05, 4.69) is 13.8 Å². The predicted octanol–water partition coefficient (Wildman–Crippen LogP) is 3.16. The molecule has 0 radical (unpaired) electrons. The molecule has 7 nitrogen and oxygen atoms in total. The van der Waals surface area contributed by atoms with Gasteiger partial charge in [0.1, 0.15) is 0 Å². The maximum Gasteiger partial charge on any atom is 0.323 e. The van der Waals surface area contributed by atoms with Crippen LogP contribution in [0.15, 0.2) is 12.1 Å². The lowest BCUT2D eigenvalue weighted by molar-refractivity contribution is -0.388. The summed E-state index contributed by atoms with van der Waals surface area (Å²) in [5.74, 6) is -0.470. The zero-order valence-corrected chi connectivity index (χ0v) is 13.0. The summed E-state index contributed by atoms with van der Waals surface area (Å²) in [5.41, 5.74) is -0.125. The minimum absolute atomic E-state index is 0.0493. The Morgan fingerprint density at radius 2 is 1.95 bits per heavy atom. The zero-order valence-electron chi connectivity index (χ0n) is 13.0. The third kappa shape index (κ3) is 2.86. The number of phenols is 1. The molecule has 7 heteroatoms. The fraction of sp³-hybridized carbons (Fsp3) is 0.600. The molecule has 1 aliphatic heterocycles. The quantitative estimate of drug-likeness (QED) is 0.663. The maximum atomic E-state index is 11.3. The van der Waals surface area contributed by atoms with Gasteiger partial charge in [-0.15, -0.1) is 0 Å². The first kappa shape index (κ1) is 16.5. The molecule has 1 heterocycles. The maximum absolute atomic E-state index is 11.3. The lowest BCUT2D eigenvalue weighted by Gasteiger charge is -2.38. The molecule has 0 amide bonds. The van der Waals surface area contributed by atoms with Crippen molar-refractivity contribution < 1.29 is 24.2 Å². The van der Waals surface area contributed by atoms with Crippen molar-refractivity contribution in [3.8, 4) is 11.5 Å². The van der Waals surface area contributed by atoms with Crippen LogP contribution in [0, 0.1) is 15.5 Å². The highest BCUT2D eigenvalue weighted by atomic mass is 16.7. The second-order valence-electron chi connectivity index (χ2n) is 5.47. The van der Waals surface area contributed by atoms with Gasteiger partial charge in [-0.2, -0.15) is 0 Å². The SMILES string of the molecule is CCC1(CC)COC(c2ccc(O)c(OC)c2[N+](=O)[O-])OC1. The Bertz CT molecular complexity index is 545. The minimum Gasteiger partial charge on any atom is -0.504 e. The summed E-state index contributed by atoms with van der Waals surface area (Å²) >= 11 is 0. The summed E-state index contributed by atoms with van der Waals surface area (Å²) in [6.45, 7) is 5.10. The van der Waals surface area contributed by atoms with Gasteiger partial charge in [0.05, 0.1) is 30.8 Å². The van der Waals surface area contributed by atoms with Gasteiger partial charge >= 0.3 is 5.69 Å². The number of nitro benzene ring substituents is 1. The summed E-state index contributed by atoms with van der Waals surface area (Å²) in [6, 6.07) is 2.78. The van der Waals surface area contributed by atoms with Gasteiger partial charge in [0.2, 0.25) is 5.75 Å². The summed E-state index contributed by atoms with van der Waals surface area (Å²) in [4.78, 5) is 10.7. The molecule has 1 aliphatic rings. The van der Waals surface area contributed by atoms with E-state index in [9.17, 15) is 15.2 Å². The van der Waals surface area contributed by atoms with Crippen molar-refractivity contribution in [3.05, 3.63) is 27.8 Å². The van der Waals surface area contributed by atoms with E-state index in [1.54, 1.807) is 0 Å². The Balaban J connectivity index is 2.33. The number of rotatable bonds is 5. The number of nitrogens with zero attached hydrogens (tertiary/aromatic N) is 1. The molecule has 0 aromatic heterocycles.